The predicted molar refractivity (Wildman–Crippen MR) is 104 cm³/mol. The van der Waals surface area contributed by atoms with Crippen molar-refractivity contribution in [1.82, 2.24) is 9.62 Å². The van der Waals surface area contributed by atoms with Crippen molar-refractivity contribution in [3.63, 3.8) is 0 Å². The van der Waals surface area contributed by atoms with E-state index in [4.69, 9.17) is 14.2 Å². The van der Waals surface area contributed by atoms with Gasteiger partial charge in [0.2, 0.25) is 21.7 Å². The number of benzene rings is 2. The van der Waals surface area contributed by atoms with E-state index in [0.29, 0.717) is 17.2 Å². The van der Waals surface area contributed by atoms with Crippen molar-refractivity contribution in [3.05, 3.63) is 48.0 Å². The molecule has 0 radical (unpaired) electrons. The van der Waals surface area contributed by atoms with Crippen LogP contribution in [0.5, 0.6) is 17.2 Å². The number of carbonyl (C=O) groups is 1. The van der Waals surface area contributed by atoms with Crippen molar-refractivity contribution in [1.29, 1.82) is 0 Å². The quantitative estimate of drug-likeness (QED) is 0.678. The van der Waals surface area contributed by atoms with Crippen molar-refractivity contribution < 1.29 is 27.4 Å². The molecule has 1 amide bonds. The number of carbonyl (C=O) groups excluding carboxylic acids is 1. The maximum Gasteiger partial charge on any atom is 0.243 e. The fourth-order valence-electron chi connectivity index (χ4n) is 2.55. The van der Waals surface area contributed by atoms with Crippen LogP contribution in [0.2, 0.25) is 0 Å². The summed E-state index contributed by atoms with van der Waals surface area (Å²) >= 11 is 0. The summed E-state index contributed by atoms with van der Waals surface area (Å²) < 4.78 is 41.8. The third-order valence-electron chi connectivity index (χ3n) is 4.03. The van der Waals surface area contributed by atoms with Crippen LogP contribution >= 0.6 is 0 Å². The lowest BCUT2D eigenvalue weighted by molar-refractivity contribution is -0.121. The Morgan fingerprint density at radius 3 is 2.07 bits per heavy atom. The van der Waals surface area contributed by atoms with Gasteiger partial charge in [-0.1, -0.05) is 18.2 Å². The molecule has 0 bridgehead atoms. The van der Waals surface area contributed by atoms with Crippen molar-refractivity contribution in [2.24, 2.45) is 0 Å². The monoisotopic (exact) mass is 408 g/mol. The molecule has 0 aromatic heterocycles. The minimum Gasteiger partial charge on any atom is -0.493 e. The normalized spacial score (nSPS) is 11.2. The van der Waals surface area contributed by atoms with E-state index in [0.717, 1.165) is 9.87 Å². The summed E-state index contributed by atoms with van der Waals surface area (Å²) in [5, 5.41) is 2.70. The molecule has 0 aliphatic heterocycles. The first kappa shape index (κ1) is 21.5. The van der Waals surface area contributed by atoms with E-state index in [-0.39, 0.29) is 18.0 Å². The number of methoxy groups -OCH3 is 3. The van der Waals surface area contributed by atoms with Gasteiger partial charge in [0.25, 0.3) is 0 Å². The standard InChI is InChI=1S/C19H24N2O6S/c1-21(28(23,24)15-8-6-5-7-9-15)13-18(22)20-12-14-10-16(25-2)19(27-4)17(11-14)26-3/h5-11H,12-13H2,1-4H3,(H,20,22). The average molecular weight is 408 g/mol. The molecule has 0 saturated heterocycles. The van der Waals surface area contributed by atoms with Crippen LogP contribution in [0.4, 0.5) is 0 Å². The minimum absolute atomic E-state index is 0.134. The van der Waals surface area contributed by atoms with Gasteiger partial charge in [-0.15, -0.1) is 0 Å². The van der Waals surface area contributed by atoms with Crippen LogP contribution in [0.1, 0.15) is 5.56 Å². The van der Waals surface area contributed by atoms with Crippen LogP contribution in [0, 0.1) is 0 Å². The molecule has 0 spiro atoms. The summed E-state index contributed by atoms with van der Waals surface area (Å²) in [6.07, 6.45) is 0. The molecule has 0 fully saturated rings. The van der Waals surface area contributed by atoms with Crippen molar-refractivity contribution in [2.45, 2.75) is 11.4 Å². The Bertz CT molecular complexity index is 890. The highest BCUT2D eigenvalue weighted by Crippen LogP contribution is 2.38. The summed E-state index contributed by atoms with van der Waals surface area (Å²) in [6.45, 7) is -0.129. The second-order valence-corrected chi connectivity index (χ2v) is 7.93. The largest absolute Gasteiger partial charge is 0.493 e. The Balaban J connectivity index is 2.04. The lowest BCUT2D eigenvalue weighted by Crippen LogP contribution is -2.38. The zero-order valence-corrected chi connectivity index (χ0v) is 17.1. The zero-order chi connectivity index (χ0) is 20.7. The van der Waals surface area contributed by atoms with Crippen LogP contribution in [0.25, 0.3) is 0 Å². The summed E-state index contributed by atoms with van der Waals surface area (Å²) in [6, 6.07) is 11.4. The number of hydrogen-bond donors (Lipinski definition) is 1. The molecule has 0 atom stereocenters. The number of likely N-dealkylation sites (N-methyl/N-ethyl adjacent to an activating group) is 1. The van der Waals surface area contributed by atoms with Gasteiger partial charge in [-0.3, -0.25) is 4.79 Å². The SMILES string of the molecule is COc1cc(CNC(=O)CN(C)S(=O)(=O)c2ccccc2)cc(OC)c1OC. The van der Waals surface area contributed by atoms with Crippen LogP contribution < -0.4 is 19.5 Å². The number of amides is 1. The Hall–Kier alpha value is -2.78. The lowest BCUT2D eigenvalue weighted by Gasteiger charge is -2.17. The van der Waals surface area contributed by atoms with Crippen molar-refractivity contribution >= 4 is 15.9 Å². The minimum atomic E-state index is -3.73. The van der Waals surface area contributed by atoms with Gasteiger partial charge < -0.3 is 19.5 Å². The molecule has 0 heterocycles. The number of sulfonamides is 1. The van der Waals surface area contributed by atoms with Gasteiger partial charge >= 0.3 is 0 Å². The van der Waals surface area contributed by atoms with Crippen molar-refractivity contribution in [3.8, 4) is 17.2 Å². The molecule has 2 aromatic carbocycles. The second-order valence-electron chi connectivity index (χ2n) is 5.88. The van der Waals surface area contributed by atoms with Crippen LogP contribution in [-0.4, -0.2) is 53.6 Å². The van der Waals surface area contributed by atoms with E-state index in [1.807, 2.05) is 0 Å². The molecule has 9 heteroatoms. The van der Waals surface area contributed by atoms with E-state index in [9.17, 15) is 13.2 Å². The number of hydrogen-bond acceptors (Lipinski definition) is 6. The maximum atomic E-state index is 12.5. The highest BCUT2D eigenvalue weighted by atomic mass is 32.2. The second kappa shape index (κ2) is 9.43. The zero-order valence-electron chi connectivity index (χ0n) is 16.3. The summed E-state index contributed by atoms with van der Waals surface area (Å²) in [7, 11) is 2.14. The average Bonchev–Trinajstić information content (AvgIpc) is 2.71. The predicted octanol–water partition coefficient (Wildman–Crippen LogP) is 1.65. The third-order valence-corrected chi connectivity index (χ3v) is 5.85. The molecule has 2 rings (SSSR count). The van der Waals surface area contributed by atoms with Gasteiger partial charge in [0, 0.05) is 13.6 Å². The van der Waals surface area contributed by atoms with Gasteiger partial charge in [-0.05, 0) is 29.8 Å². The molecule has 2 aromatic rings. The van der Waals surface area contributed by atoms with E-state index < -0.39 is 15.9 Å². The molecule has 8 nitrogen and oxygen atoms in total. The molecular formula is C19H24N2O6S. The highest BCUT2D eigenvalue weighted by Gasteiger charge is 2.22. The van der Waals surface area contributed by atoms with E-state index >= 15 is 0 Å². The first-order valence-corrected chi connectivity index (χ1v) is 9.84. The van der Waals surface area contributed by atoms with E-state index in [1.54, 1.807) is 30.3 Å². The number of ether oxygens (including phenoxy) is 3. The number of rotatable bonds is 9. The summed E-state index contributed by atoms with van der Waals surface area (Å²) in [5.41, 5.74) is 0.719. The molecule has 28 heavy (non-hydrogen) atoms. The van der Waals surface area contributed by atoms with Gasteiger partial charge in [0.05, 0.1) is 32.8 Å². The van der Waals surface area contributed by atoms with Crippen molar-refractivity contribution in [2.75, 3.05) is 34.9 Å². The Kier molecular flexibility index (Phi) is 7.24. The molecule has 0 aliphatic rings. The first-order valence-electron chi connectivity index (χ1n) is 8.40. The van der Waals surface area contributed by atoms with Gasteiger partial charge in [0.15, 0.2) is 11.5 Å². The summed E-state index contributed by atoms with van der Waals surface area (Å²) in [4.78, 5) is 12.4. The number of nitrogens with zero attached hydrogens (tertiary/aromatic N) is 1. The molecule has 0 unspecified atom stereocenters. The molecule has 0 aliphatic carbocycles. The van der Waals surface area contributed by atoms with Gasteiger partial charge in [-0.25, -0.2) is 8.42 Å². The van der Waals surface area contributed by atoms with Gasteiger partial charge in [0.1, 0.15) is 0 Å². The fourth-order valence-corrected chi connectivity index (χ4v) is 3.70. The Morgan fingerprint density at radius 1 is 1.00 bits per heavy atom. The van der Waals surface area contributed by atoms with Crippen LogP contribution in [0.3, 0.4) is 0 Å². The van der Waals surface area contributed by atoms with Gasteiger partial charge in [-0.2, -0.15) is 4.31 Å². The van der Waals surface area contributed by atoms with Crippen LogP contribution in [0.15, 0.2) is 47.4 Å². The fraction of sp³-hybridized carbons (Fsp3) is 0.316. The Morgan fingerprint density at radius 2 is 1.57 bits per heavy atom. The van der Waals surface area contributed by atoms with E-state index in [1.165, 1.54) is 40.5 Å². The van der Waals surface area contributed by atoms with E-state index in [2.05, 4.69) is 5.32 Å². The maximum absolute atomic E-state index is 12.5. The lowest BCUT2D eigenvalue weighted by atomic mass is 10.1. The first-order chi connectivity index (χ1) is 13.3. The topological polar surface area (TPSA) is 94.2 Å². The molecule has 1 N–H and O–H groups in total. The molecular weight excluding hydrogens is 384 g/mol. The highest BCUT2D eigenvalue weighted by molar-refractivity contribution is 7.89. The molecule has 0 saturated carbocycles. The number of nitrogens with one attached hydrogen (secondary N) is 1. The Labute approximate surface area is 165 Å². The molecule has 152 valence electrons. The van der Waals surface area contributed by atoms with Crippen LogP contribution in [-0.2, 0) is 21.4 Å². The third kappa shape index (κ3) is 4.93. The summed E-state index contributed by atoms with van der Waals surface area (Å²) in [5.74, 6) is 0.953. The smallest absolute Gasteiger partial charge is 0.243 e.